The molecule has 0 aliphatic carbocycles. The van der Waals surface area contributed by atoms with Gasteiger partial charge in [0.2, 0.25) is 0 Å². The Kier molecular flexibility index (Phi) is 5.59. The average Bonchev–Trinajstić information content (AvgIpc) is 3.21. The molecule has 0 fully saturated rings. The normalized spacial score (nSPS) is 16.2. The van der Waals surface area contributed by atoms with Crippen molar-refractivity contribution in [2.24, 2.45) is 10.4 Å². The average molecular weight is 413 g/mol. The van der Waals surface area contributed by atoms with E-state index in [1.807, 2.05) is 61.5 Å². The molecule has 4 rings (SSSR count). The molecule has 2 heterocycles. The number of aromatic nitrogens is 1. The van der Waals surface area contributed by atoms with Crippen LogP contribution in [-0.4, -0.2) is 29.3 Å². The molecule has 1 unspecified atom stereocenters. The Morgan fingerprint density at radius 1 is 0.968 bits per heavy atom. The summed E-state index contributed by atoms with van der Waals surface area (Å²) in [4.78, 5) is 24.6. The second-order valence-electron chi connectivity index (χ2n) is 8.94. The molecular formula is C26H28N4O. The number of para-hydroxylation sites is 2. The molecule has 0 radical (unpaired) electrons. The molecule has 1 aliphatic rings. The minimum atomic E-state index is -0.228. The number of hydrogen-bond acceptors (Lipinski definition) is 4. The summed E-state index contributed by atoms with van der Waals surface area (Å²) in [5.74, 6) is 0.646. The number of nitrogens with zero attached hydrogens (tertiary/aromatic N) is 3. The second-order valence-corrected chi connectivity index (χ2v) is 8.94. The highest BCUT2D eigenvalue weighted by Crippen LogP contribution is 2.33. The molecule has 0 spiro atoms. The summed E-state index contributed by atoms with van der Waals surface area (Å²) in [6.45, 7) is 9.31. The van der Waals surface area contributed by atoms with E-state index in [-0.39, 0.29) is 17.4 Å². The highest BCUT2D eigenvalue weighted by molar-refractivity contribution is 6.16. The highest BCUT2D eigenvalue weighted by Gasteiger charge is 2.35. The second kappa shape index (κ2) is 8.34. The van der Waals surface area contributed by atoms with E-state index in [0.29, 0.717) is 5.69 Å². The topological polar surface area (TPSA) is 57.6 Å². The Balaban J connectivity index is 1.72. The van der Waals surface area contributed by atoms with Gasteiger partial charge in [0.25, 0.3) is 5.91 Å². The van der Waals surface area contributed by atoms with Crippen molar-refractivity contribution >= 4 is 23.1 Å². The van der Waals surface area contributed by atoms with E-state index in [4.69, 9.17) is 4.99 Å². The Hall–Kier alpha value is -3.47. The standard InChI is InChI=1S/C26H28N4O/c1-18-11-10-16-22(27-18)25(31)28-21-15-9-8-14-20(21)24-29-23(26(2,3)4)17-30(24)19-12-6-5-7-13-19/h5-16,23H,17H2,1-4H3,(H,28,31). The SMILES string of the molecule is Cc1cccc(C(=O)Nc2ccccc2C2=NC(C(C)(C)C)CN2c2ccccc2)n1. The van der Waals surface area contributed by atoms with Gasteiger partial charge >= 0.3 is 0 Å². The zero-order chi connectivity index (χ0) is 22.0. The fraction of sp³-hybridized carbons (Fsp3) is 0.269. The smallest absolute Gasteiger partial charge is 0.274 e. The highest BCUT2D eigenvalue weighted by atomic mass is 16.1. The van der Waals surface area contributed by atoms with Crippen molar-refractivity contribution < 1.29 is 4.79 Å². The van der Waals surface area contributed by atoms with Gasteiger partial charge in [-0.25, -0.2) is 4.98 Å². The lowest BCUT2D eigenvalue weighted by atomic mass is 9.87. The minimum Gasteiger partial charge on any atom is -0.324 e. The quantitative estimate of drug-likeness (QED) is 0.631. The lowest BCUT2D eigenvalue weighted by Crippen LogP contribution is -2.34. The Labute approximate surface area is 183 Å². The van der Waals surface area contributed by atoms with Crippen LogP contribution in [0, 0.1) is 12.3 Å². The van der Waals surface area contributed by atoms with Crippen LogP contribution in [0.2, 0.25) is 0 Å². The number of aryl methyl sites for hydroxylation is 1. The molecule has 1 atom stereocenters. The van der Waals surface area contributed by atoms with E-state index >= 15 is 0 Å². The molecule has 31 heavy (non-hydrogen) atoms. The molecule has 5 nitrogen and oxygen atoms in total. The number of amides is 1. The largest absolute Gasteiger partial charge is 0.324 e. The molecule has 0 saturated carbocycles. The van der Waals surface area contributed by atoms with Crippen LogP contribution in [0.3, 0.4) is 0 Å². The summed E-state index contributed by atoms with van der Waals surface area (Å²) in [6, 6.07) is 23.7. The van der Waals surface area contributed by atoms with Crippen molar-refractivity contribution in [3.8, 4) is 0 Å². The lowest BCUT2D eigenvalue weighted by Gasteiger charge is -2.26. The Morgan fingerprint density at radius 3 is 2.39 bits per heavy atom. The molecule has 3 aromatic rings. The number of carbonyl (C=O) groups excluding carboxylic acids is 1. The maximum absolute atomic E-state index is 12.9. The van der Waals surface area contributed by atoms with Gasteiger partial charge in [0.15, 0.2) is 0 Å². The predicted octanol–water partition coefficient (Wildman–Crippen LogP) is 5.32. The van der Waals surface area contributed by atoms with E-state index in [2.05, 4.69) is 48.1 Å². The number of amidine groups is 1. The molecule has 1 aromatic heterocycles. The summed E-state index contributed by atoms with van der Waals surface area (Å²) >= 11 is 0. The number of nitrogens with one attached hydrogen (secondary N) is 1. The summed E-state index contributed by atoms with van der Waals surface area (Å²) in [6.07, 6.45) is 0. The number of anilines is 2. The number of aliphatic imine (C=N–C) groups is 1. The summed E-state index contributed by atoms with van der Waals surface area (Å²) in [5, 5.41) is 3.05. The van der Waals surface area contributed by atoms with E-state index in [0.717, 1.165) is 35.0 Å². The van der Waals surface area contributed by atoms with Crippen LogP contribution in [-0.2, 0) is 0 Å². The summed E-state index contributed by atoms with van der Waals surface area (Å²) < 4.78 is 0. The van der Waals surface area contributed by atoms with Gasteiger partial charge in [-0.15, -0.1) is 0 Å². The Bertz CT molecular complexity index is 1120. The van der Waals surface area contributed by atoms with E-state index in [1.165, 1.54) is 0 Å². The van der Waals surface area contributed by atoms with Crippen molar-refractivity contribution in [2.45, 2.75) is 33.7 Å². The van der Waals surface area contributed by atoms with Crippen molar-refractivity contribution in [1.82, 2.24) is 4.98 Å². The van der Waals surface area contributed by atoms with E-state index in [1.54, 1.807) is 6.07 Å². The third-order valence-corrected chi connectivity index (χ3v) is 5.49. The molecule has 158 valence electrons. The van der Waals surface area contributed by atoms with E-state index in [9.17, 15) is 4.79 Å². The number of rotatable bonds is 4. The maximum atomic E-state index is 12.9. The van der Waals surface area contributed by atoms with Crippen molar-refractivity contribution in [3.05, 3.63) is 89.7 Å². The first kappa shape index (κ1) is 20.8. The molecule has 0 bridgehead atoms. The van der Waals surface area contributed by atoms with Gasteiger partial charge in [0.1, 0.15) is 11.5 Å². The molecule has 0 saturated heterocycles. The number of hydrogen-bond donors (Lipinski definition) is 1. The van der Waals surface area contributed by atoms with Crippen molar-refractivity contribution in [2.75, 3.05) is 16.8 Å². The monoisotopic (exact) mass is 412 g/mol. The van der Waals surface area contributed by atoms with Crippen molar-refractivity contribution in [1.29, 1.82) is 0 Å². The number of carbonyl (C=O) groups is 1. The van der Waals surface area contributed by atoms with E-state index < -0.39 is 0 Å². The van der Waals surface area contributed by atoms with Crippen molar-refractivity contribution in [3.63, 3.8) is 0 Å². The third kappa shape index (κ3) is 4.50. The molecule has 5 heteroatoms. The first-order chi connectivity index (χ1) is 14.8. The van der Waals surface area contributed by atoms with Gasteiger partial charge < -0.3 is 10.2 Å². The summed E-state index contributed by atoms with van der Waals surface area (Å²) in [7, 11) is 0. The number of benzene rings is 2. The molecule has 1 amide bonds. The third-order valence-electron chi connectivity index (χ3n) is 5.49. The molecule has 1 N–H and O–H groups in total. The van der Waals surface area contributed by atoms with Gasteiger partial charge in [0.05, 0.1) is 11.7 Å². The van der Waals surface area contributed by atoms with Crippen LogP contribution in [0.4, 0.5) is 11.4 Å². The Morgan fingerprint density at radius 2 is 1.68 bits per heavy atom. The first-order valence-electron chi connectivity index (χ1n) is 10.6. The fourth-order valence-electron chi connectivity index (χ4n) is 3.68. The molecular weight excluding hydrogens is 384 g/mol. The van der Waals surface area contributed by atoms with Gasteiger partial charge in [0, 0.05) is 23.5 Å². The summed E-state index contributed by atoms with van der Waals surface area (Å²) in [5.41, 5.74) is 3.96. The zero-order valence-corrected chi connectivity index (χ0v) is 18.5. The van der Waals surface area contributed by atoms with Crippen LogP contribution in [0.1, 0.15) is 42.5 Å². The lowest BCUT2D eigenvalue weighted by molar-refractivity contribution is 0.102. The van der Waals surface area contributed by atoms with Crippen LogP contribution < -0.4 is 10.2 Å². The number of pyridine rings is 1. The minimum absolute atomic E-state index is 0.0262. The van der Waals surface area contributed by atoms with Crippen LogP contribution in [0.5, 0.6) is 0 Å². The van der Waals surface area contributed by atoms with Crippen LogP contribution in [0.25, 0.3) is 0 Å². The molecule has 1 aliphatic heterocycles. The van der Waals surface area contributed by atoms with Gasteiger partial charge in [-0.2, -0.15) is 0 Å². The molecule has 2 aromatic carbocycles. The van der Waals surface area contributed by atoms with Gasteiger partial charge in [-0.3, -0.25) is 9.79 Å². The first-order valence-corrected chi connectivity index (χ1v) is 10.6. The maximum Gasteiger partial charge on any atom is 0.274 e. The van der Waals surface area contributed by atoms with Crippen LogP contribution in [0.15, 0.2) is 77.8 Å². The van der Waals surface area contributed by atoms with Gasteiger partial charge in [-0.1, -0.05) is 57.2 Å². The van der Waals surface area contributed by atoms with Crippen LogP contribution >= 0.6 is 0 Å². The van der Waals surface area contributed by atoms with Gasteiger partial charge in [-0.05, 0) is 48.7 Å². The fourth-order valence-corrected chi connectivity index (χ4v) is 3.68. The predicted molar refractivity (Wildman–Crippen MR) is 127 cm³/mol. The zero-order valence-electron chi connectivity index (χ0n) is 18.5.